The summed E-state index contributed by atoms with van der Waals surface area (Å²) in [5, 5.41) is 23.4. The van der Waals surface area contributed by atoms with Crippen LogP contribution in [0, 0.1) is 16.0 Å². The van der Waals surface area contributed by atoms with Crippen LogP contribution < -0.4 is 5.32 Å². The highest BCUT2D eigenvalue weighted by molar-refractivity contribution is 6.31. The van der Waals surface area contributed by atoms with Crippen molar-refractivity contribution in [3.8, 4) is 0 Å². The summed E-state index contributed by atoms with van der Waals surface area (Å²) in [6.45, 7) is 3.83. The van der Waals surface area contributed by atoms with Crippen LogP contribution in [0.25, 0.3) is 0 Å². The van der Waals surface area contributed by atoms with Gasteiger partial charge in [-0.2, -0.15) is 0 Å². The van der Waals surface area contributed by atoms with Crippen LogP contribution in [0.3, 0.4) is 0 Å². The van der Waals surface area contributed by atoms with Crippen molar-refractivity contribution in [2.24, 2.45) is 5.92 Å². The molecular weight excluding hydrogens is 284 g/mol. The zero-order chi connectivity index (χ0) is 15.3. The number of halogens is 1. The first-order valence-electron chi connectivity index (χ1n) is 6.27. The van der Waals surface area contributed by atoms with E-state index in [0.29, 0.717) is 0 Å². The smallest absolute Gasteiger partial charge is 0.282 e. The van der Waals surface area contributed by atoms with Crippen LogP contribution in [-0.4, -0.2) is 28.6 Å². The van der Waals surface area contributed by atoms with Gasteiger partial charge in [0.05, 0.1) is 11.0 Å². The van der Waals surface area contributed by atoms with Crippen LogP contribution in [0.2, 0.25) is 5.02 Å². The van der Waals surface area contributed by atoms with Crippen molar-refractivity contribution in [3.05, 3.63) is 38.9 Å². The maximum atomic E-state index is 12.0. The Morgan fingerprint density at radius 2 is 2.20 bits per heavy atom. The predicted octanol–water partition coefficient (Wildman–Crippen LogP) is 2.39. The lowest BCUT2D eigenvalue weighted by atomic mass is 10.0. The second-order valence-corrected chi connectivity index (χ2v) is 5.02. The summed E-state index contributed by atoms with van der Waals surface area (Å²) in [4.78, 5) is 22.2. The lowest BCUT2D eigenvalue weighted by molar-refractivity contribution is -0.385. The molecule has 0 aliphatic carbocycles. The molecule has 7 heteroatoms. The summed E-state index contributed by atoms with van der Waals surface area (Å²) in [6, 6.07) is 3.78. The lowest BCUT2D eigenvalue weighted by Gasteiger charge is -2.17. The average Bonchev–Trinajstić information content (AvgIpc) is 2.42. The Morgan fingerprint density at radius 3 is 2.75 bits per heavy atom. The summed E-state index contributed by atoms with van der Waals surface area (Å²) < 4.78 is 0. The fourth-order valence-corrected chi connectivity index (χ4v) is 1.79. The van der Waals surface area contributed by atoms with Crippen LogP contribution in [0.5, 0.6) is 0 Å². The summed E-state index contributed by atoms with van der Waals surface area (Å²) in [5.41, 5.74) is -0.427. The maximum Gasteiger partial charge on any atom is 0.282 e. The topological polar surface area (TPSA) is 92.5 Å². The highest BCUT2D eigenvalue weighted by Gasteiger charge is 2.21. The van der Waals surface area contributed by atoms with E-state index in [1.807, 2.05) is 13.8 Å². The second kappa shape index (κ2) is 7.21. The third-order valence-corrected chi connectivity index (χ3v) is 3.41. The van der Waals surface area contributed by atoms with Crippen molar-refractivity contribution in [2.45, 2.75) is 26.4 Å². The molecule has 1 aromatic rings. The molecule has 20 heavy (non-hydrogen) atoms. The molecule has 6 nitrogen and oxygen atoms in total. The first kappa shape index (κ1) is 16.4. The van der Waals surface area contributed by atoms with Crippen LogP contribution in [0.1, 0.15) is 30.6 Å². The second-order valence-electron chi connectivity index (χ2n) is 4.58. The number of amides is 1. The van der Waals surface area contributed by atoms with E-state index >= 15 is 0 Å². The summed E-state index contributed by atoms with van der Waals surface area (Å²) in [6.07, 6.45) is 0.0798. The SMILES string of the molecule is CCC(C)C(O)CNC(=O)c1cc(Cl)ccc1[N+](=O)[O-]. The number of aliphatic hydroxyl groups excluding tert-OH is 1. The molecule has 2 unspecified atom stereocenters. The Labute approximate surface area is 121 Å². The van der Waals surface area contributed by atoms with Crippen molar-refractivity contribution in [2.75, 3.05) is 6.54 Å². The third kappa shape index (κ3) is 4.18. The van der Waals surface area contributed by atoms with Crippen molar-refractivity contribution < 1.29 is 14.8 Å². The van der Waals surface area contributed by atoms with Gasteiger partial charge in [-0.1, -0.05) is 31.9 Å². The Morgan fingerprint density at radius 1 is 1.55 bits per heavy atom. The molecule has 2 N–H and O–H groups in total. The molecule has 0 spiro atoms. The Bertz CT molecular complexity index is 507. The molecule has 0 aromatic heterocycles. The number of hydrogen-bond acceptors (Lipinski definition) is 4. The molecule has 0 radical (unpaired) electrons. The molecule has 1 rings (SSSR count). The maximum absolute atomic E-state index is 12.0. The Kier molecular flexibility index (Phi) is 5.91. The first-order chi connectivity index (χ1) is 9.36. The minimum absolute atomic E-state index is 0.0321. The normalized spacial score (nSPS) is 13.6. The van der Waals surface area contributed by atoms with Crippen molar-refractivity contribution in [1.82, 2.24) is 5.32 Å². The van der Waals surface area contributed by atoms with Gasteiger partial charge in [0.25, 0.3) is 11.6 Å². The number of nitro benzene ring substituents is 1. The van der Waals surface area contributed by atoms with E-state index in [9.17, 15) is 20.0 Å². The van der Waals surface area contributed by atoms with Gasteiger partial charge < -0.3 is 10.4 Å². The predicted molar refractivity (Wildman–Crippen MR) is 75.9 cm³/mol. The largest absolute Gasteiger partial charge is 0.391 e. The van der Waals surface area contributed by atoms with Gasteiger partial charge in [0.1, 0.15) is 5.56 Å². The fourth-order valence-electron chi connectivity index (χ4n) is 1.62. The van der Waals surface area contributed by atoms with Crippen molar-refractivity contribution in [3.63, 3.8) is 0 Å². The van der Waals surface area contributed by atoms with Crippen LogP contribution in [-0.2, 0) is 0 Å². The molecule has 0 heterocycles. The number of carbonyl (C=O) groups is 1. The highest BCUT2D eigenvalue weighted by Crippen LogP contribution is 2.22. The van der Waals surface area contributed by atoms with Gasteiger partial charge in [-0.15, -0.1) is 0 Å². The number of rotatable bonds is 6. The summed E-state index contributed by atoms with van der Waals surface area (Å²) in [7, 11) is 0. The molecule has 1 aromatic carbocycles. The van der Waals surface area contributed by atoms with Gasteiger partial charge in [0.15, 0.2) is 0 Å². The molecule has 0 aliphatic heterocycles. The number of benzene rings is 1. The zero-order valence-electron chi connectivity index (χ0n) is 11.3. The molecule has 2 atom stereocenters. The standard InChI is InChI=1S/C13H17ClN2O4/c1-3-8(2)12(17)7-15-13(18)10-6-9(14)4-5-11(10)16(19)20/h4-6,8,12,17H,3,7H2,1-2H3,(H,15,18). The molecule has 0 fully saturated rings. The first-order valence-corrected chi connectivity index (χ1v) is 6.64. The minimum Gasteiger partial charge on any atom is -0.391 e. The van der Waals surface area contributed by atoms with Crippen molar-refractivity contribution in [1.29, 1.82) is 0 Å². The molecule has 0 bridgehead atoms. The number of nitrogens with zero attached hydrogens (tertiary/aromatic N) is 1. The van der Waals surface area contributed by atoms with Crippen LogP contribution >= 0.6 is 11.6 Å². The molecule has 110 valence electrons. The van der Waals surface area contributed by atoms with Gasteiger partial charge in [-0.3, -0.25) is 14.9 Å². The van der Waals surface area contributed by atoms with E-state index in [2.05, 4.69) is 5.32 Å². The zero-order valence-corrected chi connectivity index (χ0v) is 12.1. The average molecular weight is 301 g/mol. The van der Waals surface area contributed by atoms with Gasteiger partial charge in [-0.05, 0) is 18.1 Å². The number of aliphatic hydroxyl groups is 1. The Balaban J connectivity index is 2.82. The molecule has 0 aliphatic rings. The van der Waals surface area contributed by atoms with Crippen molar-refractivity contribution >= 4 is 23.2 Å². The van der Waals surface area contributed by atoms with E-state index in [1.54, 1.807) is 0 Å². The monoisotopic (exact) mass is 300 g/mol. The molecule has 0 saturated carbocycles. The fraction of sp³-hybridized carbons (Fsp3) is 0.462. The number of hydrogen-bond donors (Lipinski definition) is 2. The van der Waals surface area contributed by atoms with Gasteiger partial charge in [0.2, 0.25) is 0 Å². The molecule has 0 saturated heterocycles. The quantitative estimate of drug-likeness (QED) is 0.623. The van der Waals surface area contributed by atoms with Crippen LogP contribution in [0.4, 0.5) is 5.69 Å². The third-order valence-electron chi connectivity index (χ3n) is 3.17. The van der Waals surface area contributed by atoms with E-state index < -0.39 is 16.9 Å². The number of carbonyl (C=O) groups excluding carboxylic acids is 1. The van der Waals surface area contributed by atoms with Gasteiger partial charge >= 0.3 is 0 Å². The minimum atomic E-state index is -0.692. The molecule has 1 amide bonds. The van der Waals surface area contributed by atoms with E-state index in [0.717, 1.165) is 6.42 Å². The Hall–Kier alpha value is -1.66. The lowest BCUT2D eigenvalue weighted by Crippen LogP contribution is -2.35. The molecular formula is C13H17ClN2O4. The van der Waals surface area contributed by atoms with Gasteiger partial charge in [-0.25, -0.2) is 0 Å². The summed E-state index contributed by atoms with van der Waals surface area (Å²) >= 11 is 5.75. The number of nitrogens with one attached hydrogen (secondary N) is 1. The summed E-state index contributed by atoms with van der Waals surface area (Å²) in [5.74, 6) is -0.591. The highest BCUT2D eigenvalue weighted by atomic mass is 35.5. The van der Waals surface area contributed by atoms with Gasteiger partial charge in [0, 0.05) is 17.6 Å². The van der Waals surface area contributed by atoms with Crippen LogP contribution in [0.15, 0.2) is 18.2 Å². The van der Waals surface area contributed by atoms with E-state index in [-0.39, 0.29) is 28.7 Å². The van der Waals surface area contributed by atoms with E-state index in [4.69, 9.17) is 11.6 Å². The van der Waals surface area contributed by atoms with E-state index in [1.165, 1.54) is 18.2 Å². The number of nitro groups is 1.